The van der Waals surface area contributed by atoms with E-state index in [1.165, 1.54) is 101 Å². The summed E-state index contributed by atoms with van der Waals surface area (Å²) in [6.45, 7) is 7.50. The molecule has 0 bridgehead atoms. The van der Waals surface area contributed by atoms with Crippen LogP contribution in [0.2, 0.25) is 0 Å². The van der Waals surface area contributed by atoms with Crippen molar-refractivity contribution in [3.05, 3.63) is 196 Å². The Morgan fingerprint density at radius 1 is 0.404 bits per heavy atom. The molecule has 264 valence electrons. The van der Waals surface area contributed by atoms with Gasteiger partial charge in [0.2, 0.25) is 0 Å². The van der Waals surface area contributed by atoms with Crippen molar-refractivity contribution in [2.24, 2.45) is 0 Å². The van der Waals surface area contributed by atoms with Crippen molar-refractivity contribution in [3.8, 4) is 44.5 Å². The first-order valence-corrected chi connectivity index (χ1v) is 20.8. The molecule has 2 radical (unpaired) electrons. The fraction of sp³-hybridized carbons (Fsp3) is 0.0833. The average molecular weight is 813 g/mol. The van der Waals surface area contributed by atoms with Gasteiger partial charge in [-0.1, -0.05) is 193 Å². The van der Waals surface area contributed by atoms with Crippen LogP contribution in [0.25, 0.3) is 66.1 Å². The molecule has 4 heteroatoms. The van der Waals surface area contributed by atoms with E-state index in [1.54, 1.807) is 0 Å². The summed E-state index contributed by atoms with van der Waals surface area (Å²) in [5, 5.41) is 5.42. The van der Waals surface area contributed by atoms with Crippen LogP contribution in [0.3, 0.4) is 0 Å². The molecule has 0 atom stereocenters. The number of aryl methyl sites for hydroxylation is 2. The predicted octanol–water partition coefficient (Wildman–Crippen LogP) is 14.3. The number of hydrogen-bond donors (Lipinski definition) is 0. The van der Waals surface area contributed by atoms with Gasteiger partial charge in [0.15, 0.2) is 0 Å². The molecule has 8 rings (SSSR count). The molecule has 0 N–H and O–H groups in total. The number of rotatable bonds is 6. The van der Waals surface area contributed by atoms with Gasteiger partial charge in [0.25, 0.3) is 0 Å². The molecule has 0 heterocycles. The van der Waals surface area contributed by atoms with Gasteiger partial charge in [0.1, 0.15) is 0 Å². The van der Waals surface area contributed by atoms with Gasteiger partial charge in [0, 0.05) is 0 Å². The van der Waals surface area contributed by atoms with Crippen LogP contribution in [0.4, 0.5) is 0 Å². The standard InChI is InChI=1S/2C23H19.2CH3.2ClH.Si.Zr/c2*1-2-17-15-22-20(18-9-5-3-6-10-18)13-14-21(23(22)16-17)19-11-7-4-8-12-19;;;;;;/h2*3-16H,2H2,1H3;2*1H3;2*1H;;/q4*-1;;;;. The minimum atomic E-state index is 0. The van der Waals surface area contributed by atoms with E-state index in [0.717, 1.165) is 12.8 Å². The maximum absolute atomic E-state index is 3.06. The molecule has 0 saturated carbocycles. The Morgan fingerprint density at radius 3 is 0.923 bits per heavy atom. The summed E-state index contributed by atoms with van der Waals surface area (Å²) in [5.41, 5.74) is 13.2. The summed E-state index contributed by atoms with van der Waals surface area (Å²) in [5.74, 6) is 0. The number of halogens is 2. The first-order chi connectivity index (χ1) is 23.7. The summed E-state index contributed by atoms with van der Waals surface area (Å²) in [6.07, 6.45) is 2.13. The van der Waals surface area contributed by atoms with Gasteiger partial charge in [-0.25, -0.2) is 0 Å². The molecular formula is C48H46Cl2SiZr-4. The topological polar surface area (TPSA) is 0 Å². The number of benzene rings is 6. The van der Waals surface area contributed by atoms with Gasteiger partial charge >= 0.3 is 30.2 Å². The van der Waals surface area contributed by atoms with Gasteiger partial charge in [0.05, 0.1) is 0 Å². The predicted molar refractivity (Wildman–Crippen MR) is 233 cm³/mol. The van der Waals surface area contributed by atoms with E-state index in [0.29, 0.717) is 0 Å². The molecular weight excluding hydrogens is 767 g/mol. The molecule has 0 spiro atoms. The fourth-order valence-electron chi connectivity index (χ4n) is 6.61. The van der Waals surface area contributed by atoms with Crippen LogP contribution < -0.4 is 0 Å². The molecule has 0 aromatic heterocycles. The Hall–Kier alpha value is -3.78. The minimum absolute atomic E-state index is 0. The zero-order chi connectivity index (χ0) is 33.3. The Morgan fingerprint density at radius 2 is 0.654 bits per heavy atom. The molecule has 0 unspecified atom stereocenters. The first-order valence-electron chi connectivity index (χ1n) is 16.6. The molecule has 0 nitrogen and oxygen atoms in total. The van der Waals surface area contributed by atoms with Gasteiger partial charge in [-0.2, -0.15) is 12.1 Å². The van der Waals surface area contributed by atoms with Gasteiger partial charge in [-0.3, -0.25) is 0 Å². The van der Waals surface area contributed by atoms with E-state index in [2.05, 4.69) is 191 Å². The van der Waals surface area contributed by atoms with Crippen LogP contribution >= 0.6 is 24.8 Å². The van der Waals surface area contributed by atoms with E-state index >= 15 is 0 Å². The second-order valence-corrected chi connectivity index (χ2v) is 11.9. The molecule has 0 saturated heterocycles. The summed E-state index contributed by atoms with van der Waals surface area (Å²) in [7, 11) is 0. The third kappa shape index (κ3) is 9.80. The van der Waals surface area contributed by atoms with E-state index in [1.807, 2.05) is 0 Å². The molecule has 0 amide bonds. The monoisotopic (exact) mass is 810 g/mol. The van der Waals surface area contributed by atoms with Crippen molar-refractivity contribution in [1.82, 2.24) is 0 Å². The van der Waals surface area contributed by atoms with E-state index in [9.17, 15) is 0 Å². The fourth-order valence-corrected chi connectivity index (χ4v) is 6.61. The number of fused-ring (bicyclic) bond motifs is 2. The Bertz CT molecular complexity index is 1910. The van der Waals surface area contributed by atoms with E-state index in [4.69, 9.17) is 0 Å². The van der Waals surface area contributed by atoms with Crippen molar-refractivity contribution < 1.29 is 23.3 Å². The summed E-state index contributed by atoms with van der Waals surface area (Å²) in [6, 6.07) is 61.1. The van der Waals surface area contributed by atoms with Crippen LogP contribution in [0, 0.1) is 14.9 Å². The number of hydrogen-bond acceptors (Lipinski definition) is 0. The van der Waals surface area contributed by atoms with Crippen LogP contribution in [-0.2, 0) is 36.2 Å². The SMILES string of the molecule is CCc1cc2c(-c3ccccc3)ccc(-c3ccccc3)c2[cH-]1.CCc1cc2c(-c3ccccc3)ccc(-c3ccccc3)c2[cH-]1.Cl.Cl.[CH3-].[CH3-].[Si]=[Zr]. The van der Waals surface area contributed by atoms with Crippen LogP contribution in [0.1, 0.15) is 25.0 Å². The Balaban J connectivity index is 0.000000320. The summed E-state index contributed by atoms with van der Waals surface area (Å²) >= 11 is 1.36. The van der Waals surface area contributed by atoms with Crippen molar-refractivity contribution in [1.29, 1.82) is 0 Å². The molecule has 0 aliphatic heterocycles. The van der Waals surface area contributed by atoms with Crippen molar-refractivity contribution >= 4 is 53.2 Å². The van der Waals surface area contributed by atoms with Crippen molar-refractivity contribution in [3.63, 3.8) is 0 Å². The average Bonchev–Trinajstić information content (AvgIpc) is 3.82. The molecule has 8 aromatic carbocycles. The molecule has 0 fully saturated rings. The quantitative estimate of drug-likeness (QED) is 0.116. The van der Waals surface area contributed by atoms with Crippen LogP contribution in [0.15, 0.2) is 170 Å². The van der Waals surface area contributed by atoms with Crippen molar-refractivity contribution in [2.45, 2.75) is 26.7 Å². The van der Waals surface area contributed by atoms with Gasteiger partial charge in [-0.15, -0.1) is 69.6 Å². The van der Waals surface area contributed by atoms with Gasteiger partial charge in [-0.05, 0) is 24.0 Å². The second-order valence-electron chi connectivity index (χ2n) is 11.9. The maximum atomic E-state index is 3.06. The molecule has 52 heavy (non-hydrogen) atoms. The van der Waals surface area contributed by atoms with E-state index < -0.39 is 0 Å². The zero-order valence-corrected chi connectivity index (χ0v) is 35.5. The first kappa shape index (κ1) is 44.4. The molecule has 8 aromatic rings. The third-order valence-corrected chi connectivity index (χ3v) is 9.05. The Labute approximate surface area is 341 Å². The Kier molecular flexibility index (Phi) is 18.5. The summed E-state index contributed by atoms with van der Waals surface area (Å²) in [4.78, 5) is 0. The normalized spacial score (nSPS) is 9.79. The zero-order valence-electron chi connectivity index (χ0n) is 30.4. The summed E-state index contributed by atoms with van der Waals surface area (Å²) < 4.78 is 0. The van der Waals surface area contributed by atoms with Crippen LogP contribution in [0.5, 0.6) is 0 Å². The van der Waals surface area contributed by atoms with Crippen molar-refractivity contribution in [2.75, 3.05) is 0 Å². The second kappa shape index (κ2) is 21.7. The van der Waals surface area contributed by atoms with Crippen LogP contribution in [-0.4, -0.2) is 6.88 Å². The van der Waals surface area contributed by atoms with Gasteiger partial charge < -0.3 is 14.9 Å². The molecule has 0 aliphatic rings. The molecule has 0 aliphatic carbocycles. The van der Waals surface area contributed by atoms with E-state index in [-0.39, 0.29) is 39.7 Å². The third-order valence-electron chi connectivity index (χ3n) is 9.05.